The molecule has 0 aliphatic rings. The summed E-state index contributed by atoms with van der Waals surface area (Å²) < 4.78 is 26.5. The Bertz CT molecular complexity index is 743. The van der Waals surface area contributed by atoms with Gasteiger partial charge in [0, 0.05) is 24.3 Å². The zero-order valence-corrected chi connectivity index (χ0v) is 13.4. The van der Waals surface area contributed by atoms with Gasteiger partial charge in [-0.05, 0) is 42.3 Å². The fourth-order valence-corrected chi connectivity index (χ4v) is 3.55. The molecule has 4 nitrogen and oxygen atoms in total. The van der Waals surface area contributed by atoms with Crippen LogP contribution in [-0.2, 0) is 16.6 Å². The van der Waals surface area contributed by atoms with Crippen LogP contribution in [0.4, 0.5) is 5.69 Å². The summed E-state index contributed by atoms with van der Waals surface area (Å²) in [4.78, 5) is 0.235. The predicted molar refractivity (Wildman–Crippen MR) is 85.7 cm³/mol. The molecule has 2 aromatic carbocycles. The normalized spacial score (nSPS) is 11.8. The van der Waals surface area contributed by atoms with Crippen molar-refractivity contribution in [3.63, 3.8) is 0 Å². The first kappa shape index (κ1) is 15.8. The Hall–Kier alpha value is -1.56. The number of sulfonamides is 1. The molecule has 0 atom stereocenters. The number of hydrogen-bond donors (Lipinski definition) is 1. The summed E-state index contributed by atoms with van der Waals surface area (Å²) in [6.07, 6.45) is 0. The Labute approximate surface area is 130 Å². The van der Waals surface area contributed by atoms with E-state index in [9.17, 15) is 8.42 Å². The van der Waals surface area contributed by atoms with Gasteiger partial charge in [-0.25, -0.2) is 8.42 Å². The van der Waals surface area contributed by atoms with Crippen molar-refractivity contribution in [3.8, 4) is 0 Å². The molecule has 2 aromatic rings. The molecule has 0 unspecified atom stereocenters. The average Bonchev–Trinajstić information content (AvgIpc) is 2.44. The van der Waals surface area contributed by atoms with Gasteiger partial charge in [0.1, 0.15) is 0 Å². The lowest BCUT2D eigenvalue weighted by Crippen LogP contribution is -2.27. The lowest BCUT2D eigenvalue weighted by molar-refractivity contribution is 0.466. The molecule has 0 fully saturated rings. The summed E-state index contributed by atoms with van der Waals surface area (Å²) in [7, 11) is -2.03. The molecule has 2 rings (SSSR count). The van der Waals surface area contributed by atoms with Crippen molar-refractivity contribution in [2.75, 3.05) is 12.8 Å². The molecule has 0 aliphatic carbocycles. The first-order valence-electron chi connectivity index (χ1n) is 6.38. The molecule has 0 saturated carbocycles. The van der Waals surface area contributed by atoms with E-state index in [1.54, 1.807) is 56.4 Å². The van der Waals surface area contributed by atoms with E-state index in [0.717, 1.165) is 5.56 Å². The summed E-state index contributed by atoms with van der Waals surface area (Å²) in [5.74, 6) is 0. The fraction of sp³-hybridized carbons (Fsp3) is 0.200. The Morgan fingerprint density at radius 2 is 1.76 bits per heavy atom. The molecular weight excluding hydrogens is 308 g/mol. The van der Waals surface area contributed by atoms with Crippen LogP contribution in [0.15, 0.2) is 47.4 Å². The van der Waals surface area contributed by atoms with Crippen molar-refractivity contribution in [2.24, 2.45) is 0 Å². The Balaban J connectivity index is 2.30. The third-order valence-electron chi connectivity index (χ3n) is 3.33. The van der Waals surface area contributed by atoms with Crippen LogP contribution in [0.5, 0.6) is 0 Å². The maximum atomic E-state index is 12.6. The van der Waals surface area contributed by atoms with Gasteiger partial charge in [0.25, 0.3) is 0 Å². The highest BCUT2D eigenvalue weighted by Crippen LogP contribution is 2.24. The lowest BCUT2D eigenvalue weighted by atomic mass is 10.2. The third-order valence-corrected chi connectivity index (χ3v) is 5.53. The summed E-state index contributed by atoms with van der Waals surface area (Å²) >= 11 is 5.83. The second kappa shape index (κ2) is 6.05. The number of nitrogen functional groups attached to an aromatic ring is 1. The van der Waals surface area contributed by atoms with Gasteiger partial charge < -0.3 is 5.73 Å². The minimum absolute atomic E-state index is 0.235. The number of benzene rings is 2. The van der Waals surface area contributed by atoms with Gasteiger partial charge in [-0.3, -0.25) is 0 Å². The van der Waals surface area contributed by atoms with E-state index in [4.69, 9.17) is 17.3 Å². The minimum atomic E-state index is -3.58. The molecule has 21 heavy (non-hydrogen) atoms. The lowest BCUT2D eigenvalue weighted by Gasteiger charge is -2.19. The van der Waals surface area contributed by atoms with Gasteiger partial charge >= 0.3 is 0 Å². The number of nitrogens with two attached hydrogens (primary N) is 1. The van der Waals surface area contributed by atoms with E-state index in [1.165, 1.54) is 4.31 Å². The van der Waals surface area contributed by atoms with Crippen LogP contribution in [0, 0.1) is 6.92 Å². The number of hydrogen-bond acceptors (Lipinski definition) is 3. The van der Waals surface area contributed by atoms with Crippen LogP contribution in [0.2, 0.25) is 5.02 Å². The second-order valence-electron chi connectivity index (χ2n) is 4.86. The summed E-state index contributed by atoms with van der Waals surface area (Å²) in [6, 6.07) is 12.0. The quantitative estimate of drug-likeness (QED) is 0.879. The Morgan fingerprint density at radius 1 is 1.14 bits per heavy atom. The first-order chi connectivity index (χ1) is 9.82. The molecule has 0 bridgehead atoms. The smallest absolute Gasteiger partial charge is 0.243 e. The first-order valence-corrected chi connectivity index (χ1v) is 8.20. The molecule has 112 valence electrons. The maximum absolute atomic E-state index is 12.6. The van der Waals surface area contributed by atoms with Crippen molar-refractivity contribution in [1.82, 2.24) is 4.31 Å². The molecule has 0 amide bonds. The van der Waals surface area contributed by atoms with Crippen molar-refractivity contribution in [3.05, 3.63) is 58.6 Å². The molecule has 0 heterocycles. The monoisotopic (exact) mass is 324 g/mol. The van der Waals surface area contributed by atoms with Gasteiger partial charge in [0.2, 0.25) is 10.0 Å². The van der Waals surface area contributed by atoms with Crippen molar-refractivity contribution in [2.45, 2.75) is 18.4 Å². The molecule has 0 spiro atoms. The number of anilines is 1. The predicted octanol–water partition coefficient (Wildman–Crippen LogP) is 3.05. The van der Waals surface area contributed by atoms with Crippen molar-refractivity contribution < 1.29 is 8.42 Å². The van der Waals surface area contributed by atoms with Crippen LogP contribution < -0.4 is 5.73 Å². The standard InChI is InChI=1S/C15H17ClN2O2S/c1-11-14(17)4-3-5-15(11)21(19,20)18(2)10-12-6-8-13(16)9-7-12/h3-9H,10,17H2,1-2H3. The summed E-state index contributed by atoms with van der Waals surface area (Å²) in [5.41, 5.74) is 7.70. The van der Waals surface area contributed by atoms with Crippen LogP contribution in [0.25, 0.3) is 0 Å². The number of halogens is 1. The van der Waals surface area contributed by atoms with E-state index >= 15 is 0 Å². The summed E-state index contributed by atoms with van der Waals surface area (Å²) in [5, 5.41) is 0.621. The zero-order valence-electron chi connectivity index (χ0n) is 11.9. The van der Waals surface area contributed by atoms with Gasteiger partial charge in [0.15, 0.2) is 0 Å². The van der Waals surface area contributed by atoms with Gasteiger partial charge in [-0.2, -0.15) is 4.31 Å². The van der Waals surface area contributed by atoms with Crippen molar-refractivity contribution >= 4 is 27.3 Å². The summed E-state index contributed by atoms with van der Waals surface area (Å²) in [6.45, 7) is 1.98. The fourth-order valence-electron chi connectivity index (χ4n) is 2.01. The molecule has 0 aliphatic heterocycles. The molecule has 0 saturated heterocycles. The van der Waals surface area contributed by atoms with Crippen molar-refractivity contribution in [1.29, 1.82) is 0 Å². The minimum Gasteiger partial charge on any atom is -0.398 e. The van der Waals surface area contributed by atoms with Gasteiger partial charge in [-0.15, -0.1) is 0 Å². The van der Waals surface area contributed by atoms with Crippen LogP contribution >= 0.6 is 11.6 Å². The Morgan fingerprint density at radius 3 is 2.38 bits per heavy atom. The highest BCUT2D eigenvalue weighted by molar-refractivity contribution is 7.89. The molecule has 6 heteroatoms. The van der Waals surface area contributed by atoms with Gasteiger partial charge in [-0.1, -0.05) is 29.8 Å². The average molecular weight is 325 g/mol. The second-order valence-corrected chi connectivity index (χ2v) is 7.31. The van der Waals surface area contributed by atoms with E-state index < -0.39 is 10.0 Å². The van der Waals surface area contributed by atoms with E-state index in [2.05, 4.69) is 0 Å². The topological polar surface area (TPSA) is 63.4 Å². The highest BCUT2D eigenvalue weighted by Gasteiger charge is 2.23. The zero-order chi connectivity index (χ0) is 15.6. The van der Waals surface area contributed by atoms with Gasteiger partial charge in [0.05, 0.1) is 4.90 Å². The number of rotatable bonds is 4. The SMILES string of the molecule is Cc1c(N)cccc1S(=O)(=O)N(C)Cc1ccc(Cl)cc1. The van der Waals surface area contributed by atoms with Crippen LogP contribution in [0.3, 0.4) is 0 Å². The molecule has 0 aromatic heterocycles. The van der Waals surface area contributed by atoms with Crippen LogP contribution in [-0.4, -0.2) is 19.8 Å². The number of nitrogens with zero attached hydrogens (tertiary/aromatic N) is 1. The maximum Gasteiger partial charge on any atom is 0.243 e. The molecule has 2 N–H and O–H groups in total. The Kier molecular flexibility index (Phi) is 4.56. The molecular formula is C15H17ClN2O2S. The largest absolute Gasteiger partial charge is 0.398 e. The van der Waals surface area contributed by atoms with E-state index in [1.807, 2.05) is 0 Å². The van der Waals surface area contributed by atoms with Crippen LogP contribution in [0.1, 0.15) is 11.1 Å². The van der Waals surface area contributed by atoms with E-state index in [0.29, 0.717) is 16.3 Å². The van der Waals surface area contributed by atoms with E-state index in [-0.39, 0.29) is 11.4 Å². The third kappa shape index (κ3) is 3.37. The highest BCUT2D eigenvalue weighted by atomic mass is 35.5. The molecule has 0 radical (unpaired) electrons.